The lowest BCUT2D eigenvalue weighted by molar-refractivity contribution is 0.454. The van der Waals surface area contributed by atoms with Crippen molar-refractivity contribution in [2.45, 2.75) is 57.9 Å². The molecule has 0 saturated heterocycles. The highest BCUT2D eigenvalue weighted by Crippen LogP contribution is 2.14. The first kappa shape index (κ1) is 13.7. The van der Waals surface area contributed by atoms with Gasteiger partial charge >= 0.3 is 0 Å². The molecular formula is C14H25NS. The smallest absolute Gasteiger partial charge is 0.00641 e. The van der Waals surface area contributed by atoms with Crippen LogP contribution in [0.15, 0.2) is 17.5 Å². The summed E-state index contributed by atoms with van der Waals surface area (Å²) in [6, 6.07) is 5.12. The molecule has 0 amide bonds. The normalized spacial score (nSPS) is 12.9. The SMILES string of the molecule is CCCCCC(CCCc1cccs1)NC. The van der Waals surface area contributed by atoms with Crippen LogP contribution in [0.2, 0.25) is 0 Å². The predicted molar refractivity (Wildman–Crippen MR) is 74.2 cm³/mol. The summed E-state index contributed by atoms with van der Waals surface area (Å²) in [5.74, 6) is 0. The Morgan fingerprint density at radius 1 is 1.25 bits per heavy atom. The van der Waals surface area contributed by atoms with Crippen molar-refractivity contribution in [3.63, 3.8) is 0 Å². The van der Waals surface area contributed by atoms with Gasteiger partial charge < -0.3 is 5.32 Å². The van der Waals surface area contributed by atoms with Crippen LogP contribution in [0.25, 0.3) is 0 Å². The molecule has 1 atom stereocenters. The highest BCUT2D eigenvalue weighted by atomic mass is 32.1. The molecule has 1 unspecified atom stereocenters. The van der Waals surface area contributed by atoms with E-state index in [1.165, 1.54) is 49.8 Å². The Balaban J connectivity index is 2.08. The minimum absolute atomic E-state index is 0.728. The fraction of sp³-hybridized carbons (Fsp3) is 0.714. The fourth-order valence-corrected chi connectivity index (χ4v) is 2.80. The Morgan fingerprint density at radius 3 is 2.69 bits per heavy atom. The highest BCUT2D eigenvalue weighted by Gasteiger charge is 2.05. The first-order valence-corrected chi connectivity index (χ1v) is 7.44. The Morgan fingerprint density at radius 2 is 2.06 bits per heavy atom. The van der Waals surface area contributed by atoms with Crippen LogP contribution in [0.5, 0.6) is 0 Å². The molecule has 0 radical (unpaired) electrons. The molecule has 0 fully saturated rings. The zero-order valence-electron chi connectivity index (χ0n) is 10.7. The maximum atomic E-state index is 3.44. The van der Waals surface area contributed by atoms with Crippen molar-refractivity contribution in [2.75, 3.05) is 7.05 Å². The van der Waals surface area contributed by atoms with Gasteiger partial charge in [-0.2, -0.15) is 0 Å². The summed E-state index contributed by atoms with van der Waals surface area (Å²) >= 11 is 1.88. The summed E-state index contributed by atoms with van der Waals surface area (Å²) in [6.07, 6.45) is 9.31. The van der Waals surface area contributed by atoms with E-state index in [4.69, 9.17) is 0 Å². The molecule has 1 aromatic rings. The minimum Gasteiger partial charge on any atom is -0.317 e. The molecule has 1 aromatic heterocycles. The van der Waals surface area contributed by atoms with E-state index in [0.717, 1.165) is 6.04 Å². The molecule has 0 aliphatic rings. The van der Waals surface area contributed by atoms with Crippen LogP contribution in [-0.4, -0.2) is 13.1 Å². The van der Waals surface area contributed by atoms with Crippen LogP contribution in [0.3, 0.4) is 0 Å². The number of hydrogen-bond donors (Lipinski definition) is 1. The van der Waals surface area contributed by atoms with E-state index in [1.54, 1.807) is 0 Å². The van der Waals surface area contributed by atoms with Crippen LogP contribution in [-0.2, 0) is 6.42 Å². The number of unbranched alkanes of at least 4 members (excludes halogenated alkanes) is 2. The molecule has 16 heavy (non-hydrogen) atoms. The summed E-state index contributed by atoms with van der Waals surface area (Å²) in [7, 11) is 2.10. The van der Waals surface area contributed by atoms with Gasteiger partial charge in [0.2, 0.25) is 0 Å². The van der Waals surface area contributed by atoms with Crippen LogP contribution >= 0.6 is 11.3 Å². The van der Waals surface area contributed by atoms with E-state index in [2.05, 4.69) is 36.8 Å². The van der Waals surface area contributed by atoms with E-state index < -0.39 is 0 Å². The number of nitrogens with one attached hydrogen (secondary N) is 1. The Kier molecular flexibility index (Phi) is 7.52. The van der Waals surface area contributed by atoms with Crippen LogP contribution < -0.4 is 5.32 Å². The van der Waals surface area contributed by atoms with Crippen molar-refractivity contribution in [1.29, 1.82) is 0 Å². The predicted octanol–water partition coefficient (Wildman–Crippen LogP) is 4.24. The molecule has 2 heteroatoms. The number of thiophene rings is 1. The van der Waals surface area contributed by atoms with Crippen molar-refractivity contribution in [1.82, 2.24) is 5.32 Å². The molecule has 1 rings (SSSR count). The third-order valence-electron chi connectivity index (χ3n) is 3.12. The standard InChI is InChI=1S/C14H25NS/c1-3-4-5-8-13(15-2)9-6-10-14-11-7-12-16-14/h7,11-13,15H,3-6,8-10H2,1-2H3. The summed E-state index contributed by atoms with van der Waals surface area (Å²) in [4.78, 5) is 1.53. The molecule has 0 bridgehead atoms. The Labute approximate surface area is 104 Å². The summed E-state index contributed by atoms with van der Waals surface area (Å²) in [5.41, 5.74) is 0. The van der Waals surface area contributed by atoms with Gasteiger partial charge in [0.1, 0.15) is 0 Å². The van der Waals surface area contributed by atoms with Gasteiger partial charge in [0, 0.05) is 10.9 Å². The van der Waals surface area contributed by atoms with Crippen molar-refractivity contribution >= 4 is 11.3 Å². The maximum absolute atomic E-state index is 3.44. The molecule has 0 spiro atoms. The molecule has 0 saturated carbocycles. The summed E-state index contributed by atoms with van der Waals surface area (Å²) < 4.78 is 0. The number of hydrogen-bond acceptors (Lipinski definition) is 2. The number of rotatable bonds is 9. The Hall–Kier alpha value is -0.340. The quantitative estimate of drug-likeness (QED) is 0.636. The van der Waals surface area contributed by atoms with Gasteiger partial charge in [0.25, 0.3) is 0 Å². The van der Waals surface area contributed by atoms with E-state index >= 15 is 0 Å². The average Bonchev–Trinajstić information content (AvgIpc) is 2.80. The van der Waals surface area contributed by atoms with Crippen molar-refractivity contribution < 1.29 is 0 Å². The van der Waals surface area contributed by atoms with Crippen LogP contribution in [0, 0.1) is 0 Å². The number of aryl methyl sites for hydroxylation is 1. The van der Waals surface area contributed by atoms with Crippen molar-refractivity contribution in [3.05, 3.63) is 22.4 Å². The van der Waals surface area contributed by atoms with E-state index in [1.807, 2.05) is 11.3 Å². The second kappa shape index (κ2) is 8.77. The maximum Gasteiger partial charge on any atom is 0.00641 e. The topological polar surface area (TPSA) is 12.0 Å². The van der Waals surface area contributed by atoms with Gasteiger partial charge in [0.05, 0.1) is 0 Å². The third kappa shape index (κ3) is 5.66. The second-order valence-electron chi connectivity index (χ2n) is 4.45. The molecule has 0 aliphatic carbocycles. The summed E-state index contributed by atoms with van der Waals surface area (Å²) in [6.45, 7) is 2.27. The average molecular weight is 239 g/mol. The van der Waals surface area contributed by atoms with Gasteiger partial charge in [0.15, 0.2) is 0 Å². The van der Waals surface area contributed by atoms with Gasteiger partial charge in [-0.15, -0.1) is 11.3 Å². The van der Waals surface area contributed by atoms with Gasteiger partial charge in [-0.3, -0.25) is 0 Å². The lowest BCUT2D eigenvalue weighted by Crippen LogP contribution is -2.25. The molecule has 1 N–H and O–H groups in total. The zero-order valence-corrected chi connectivity index (χ0v) is 11.5. The summed E-state index contributed by atoms with van der Waals surface area (Å²) in [5, 5.41) is 5.62. The van der Waals surface area contributed by atoms with Crippen LogP contribution in [0.1, 0.15) is 50.3 Å². The highest BCUT2D eigenvalue weighted by molar-refractivity contribution is 7.09. The molecule has 1 heterocycles. The van der Waals surface area contributed by atoms with E-state index in [-0.39, 0.29) is 0 Å². The molecule has 0 aliphatic heterocycles. The van der Waals surface area contributed by atoms with Gasteiger partial charge in [-0.05, 0) is 44.2 Å². The third-order valence-corrected chi connectivity index (χ3v) is 4.06. The first-order valence-electron chi connectivity index (χ1n) is 6.56. The van der Waals surface area contributed by atoms with Gasteiger partial charge in [-0.1, -0.05) is 32.3 Å². The minimum atomic E-state index is 0.728. The largest absolute Gasteiger partial charge is 0.317 e. The molecule has 0 aromatic carbocycles. The lowest BCUT2D eigenvalue weighted by atomic mass is 10.0. The molecule has 92 valence electrons. The second-order valence-corrected chi connectivity index (χ2v) is 5.49. The monoisotopic (exact) mass is 239 g/mol. The van der Waals surface area contributed by atoms with Crippen molar-refractivity contribution in [2.24, 2.45) is 0 Å². The zero-order chi connectivity index (χ0) is 11.6. The first-order chi connectivity index (χ1) is 7.86. The van der Waals surface area contributed by atoms with Crippen molar-refractivity contribution in [3.8, 4) is 0 Å². The molecule has 1 nitrogen and oxygen atoms in total. The fourth-order valence-electron chi connectivity index (χ4n) is 2.05. The van der Waals surface area contributed by atoms with E-state index in [9.17, 15) is 0 Å². The van der Waals surface area contributed by atoms with Gasteiger partial charge in [-0.25, -0.2) is 0 Å². The lowest BCUT2D eigenvalue weighted by Gasteiger charge is -2.15. The molecular weight excluding hydrogens is 214 g/mol. The Bertz CT molecular complexity index is 243. The van der Waals surface area contributed by atoms with E-state index in [0.29, 0.717) is 0 Å². The van der Waals surface area contributed by atoms with Crippen LogP contribution in [0.4, 0.5) is 0 Å².